The second-order valence-corrected chi connectivity index (χ2v) is 11.1. The molecule has 0 bridgehead atoms. The number of ether oxygens (including phenoxy) is 1. The van der Waals surface area contributed by atoms with Crippen LogP contribution >= 0.6 is 0 Å². The lowest BCUT2D eigenvalue weighted by atomic mass is 9.83. The molecule has 0 amide bonds. The third-order valence-electron chi connectivity index (χ3n) is 8.10. The third kappa shape index (κ3) is 5.45. The molecule has 1 unspecified atom stereocenters. The van der Waals surface area contributed by atoms with Crippen molar-refractivity contribution in [2.75, 3.05) is 6.61 Å². The van der Waals surface area contributed by atoms with Crippen LogP contribution in [-0.2, 0) is 17.6 Å². The molecule has 5 rings (SSSR count). The van der Waals surface area contributed by atoms with Gasteiger partial charge in [-0.05, 0) is 68.7 Å². The molecular weight excluding hydrogens is 502 g/mol. The number of nitrogens with zero attached hydrogens (tertiary/aromatic N) is 5. The standard InChI is InChI=1S/C32H37N5O3/c1-4-8-29-28(18-23-11-12-27(25(17-23)19-33)24-9-6-5-7-10-24)30(39)36(31-34-21-35-37(29)31)26-13-15-32(3,16-14-26)40-22(2)20-38/h5-7,9-12,17,21-22,26,38H,4,8,13-16,18,20H2,1-3H3. The maximum Gasteiger partial charge on any atom is 0.259 e. The summed E-state index contributed by atoms with van der Waals surface area (Å²) < 4.78 is 9.80. The van der Waals surface area contributed by atoms with Crippen LogP contribution in [-0.4, -0.2) is 42.6 Å². The van der Waals surface area contributed by atoms with E-state index in [-0.39, 0.29) is 29.9 Å². The molecule has 1 N–H and O–H groups in total. The zero-order valence-electron chi connectivity index (χ0n) is 23.5. The molecule has 40 heavy (non-hydrogen) atoms. The van der Waals surface area contributed by atoms with E-state index in [1.807, 2.05) is 64.5 Å². The first kappa shape index (κ1) is 27.8. The molecule has 0 aliphatic heterocycles. The Bertz CT molecular complexity index is 1580. The molecular formula is C32H37N5O3. The van der Waals surface area contributed by atoms with Gasteiger partial charge in [-0.3, -0.25) is 9.36 Å². The van der Waals surface area contributed by atoms with Gasteiger partial charge in [0.25, 0.3) is 5.56 Å². The van der Waals surface area contributed by atoms with Crippen LogP contribution in [0.25, 0.3) is 16.9 Å². The van der Waals surface area contributed by atoms with E-state index in [1.54, 1.807) is 0 Å². The Morgan fingerprint density at radius 1 is 1.20 bits per heavy atom. The van der Waals surface area contributed by atoms with Crippen molar-refractivity contribution in [2.24, 2.45) is 0 Å². The molecule has 8 heteroatoms. The lowest BCUT2D eigenvalue weighted by molar-refractivity contribution is -0.114. The highest BCUT2D eigenvalue weighted by Gasteiger charge is 2.35. The molecule has 1 saturated carbocycles. The zero-order valence-corrected chi connectivity index (χ0v) is 23.5. The van der Waals surface area contributed by atoms with Crippen LogP contribution in [0.3, 0.4) is 0 Å². The number of hydrogen-bond donors (Lipinski definition) is 1. The van der Waals surface area contributed by atoms with Crippen LogP contribution < -0.4 is 5.56 Å². The Morgan fingerprint density at radius 2 is 1.95 bits per heavy atom. The lowest BCUT2D eigenvalue weighted by Gasteiger charge is -2.39. The normalized spacial score (nSPS) is 19.9. The average Bonchev–Trinajstić information content (AvgIpc) is 3.45. The van der Waals surface area contributed by atoms with Crippen LogP contribution in [0.5, 0.6) is 0 Å². The van der Waals surface area contributed by atoms with E-state index in [0.717, 1.165) is 54.5 Å². The molecule has 0 spiro atoms. The third-order valence-corrected chi connectivity index (χ3v) is 8.10. The fraction of sp³-hybridized carbons (Fsp3) is 0.438. The number of aliphatic hydroxyl groups is 1. The first-order valence-electron chi connectivity index (χ1n) is 14.2. The fourth-order valence-corrected chi connectivity index (χ4v) is 6.06. The summed E-state index contributed by atoms with van der Waals surface area (Å²) in [4.78, 5) is 18.8. The average molecular weight is 540 g/mol. The number of aliphatic hydroxyl groups excluding tert-OH is 1. The monoisotopic (exact) mass is 539 g/mol. The second kappa shape index (κ2) is 11.7. The lowest BCUT2D eigenvalue weighted by Crippen LogP contribution is -2.41. The van der Waals surface area contributed by atoms with Gasteiger partial charge in [-0.2, -0.15) is 15.3 Å². The predicted molar refractivity (Wildman–Crippen MR) is 154 cm³/mol. The summed E-state index contributed by atoms with van der Waals surface area (Å²) in [6.07, 6.45) is 6.39. The van der Waals surface area contributed by atoms with E-state index in [2.05, 4.69) is 30.0 Å². The number of aryl methyl sites for hydroxylation is 1. The molecule has 4 aromatic rings. The van der Waals surface area contributed by atoms with E-state index in [1.165, 1.54) is 6.33 Å². The summed E-state index contributed by atoms with van der Waals surface area (Å²) >= 11 is 0. The minimum absolute atomic E-state index is 0.0130. The van der Waals surface area contributed by atoms with Gasteiger partial charge in [-0.25, -0.2) is 4.52 Å². The van der Waals surface area contributed by atoms with E-state index in [9.17, 15) is 15.2 Å². The Balaban J connectivity index is 1.53. The maximum atomic E-state index is 14.3. The SMILES string of the molecule is CCCc1c(Cc2ccc(-c3ccccc3)c(C#N)c2)c(=O)n(C2CCC(C)(OC(C)CO)CC2)c2ncnn12. The Hall–Kier alpha value is -3.80. The Morgan fingerprint density at radius 3 is 2.62 bits per heavy atom. The smallest absolute Gasteiger partial charge is 0.259 e. The van der Waals surface area contributed by atoms with E-state index in [0.29, 0.717) is 29.7 Å². The highest BCUT2D eigenvalue weighted by Crippen LogP contribution is 2.38. The predicted octanol–water partition coefficient (Wildman–Crippen LogP) is 5.24. The van der Waals surface area contributed by atoms with Gasteiger partial charge in [0.15, 0.2) is 0 Å². The molecule has 0 radical (unpaired) electrons. The van der Waals surface area contributed by atoms with Crippen molar-refractivity contribution >= 4 is 5.78 Å². The number of hydrogen-bond acceptors (Lipinski definition) is 6. The van der Waals surface area contributed by atoms with Crippen molar-refractivity contribution in [3.05, 3.63) is 87.6 Å². The Kier molecular flexibility index (Phi) is 8.15. The number of rotatable bonds is 9. The van der Waals surface area contributed by atoms with Gasteiger partial charge in [0.05, 0.1) is 35.6 Å². The van der Waals surface area contributed by atoms with Crippen LogP contribution in [0.4, 0.5) is 0 Å². The molecule has 1 aliphatic rings. The Labute approximate surface area is 234 Å². The van der Waals surface area contributed by atoms with Gasteiger partial charge in [0, 0.05) is 18.0 Å². The molecule has 1 fully saturated rings. The minimum atomic E-state index is -0.328. The summed E-state index contributed by atoms with van der Waals surface area (Å²) in [6.45, 7) is 6.05. The first-order chi connectivity index (χ1) is 19.4. The van der Waals surface area contributed by atoms with Crippen LogP contribution in [0, 0.1) is 11.3 Å². The zero-order chi connectivity index (χ0) is 28.3. The van der Waals surface area contributed by atoms with Gasteiger partial charge in [0.1, 0.15) is 6.33 Å². The summed E-state index contributed by atoms with van der Waals surface area (Å²) in [5, 5.41) is 23.9. The van der Waals surface area contributed by atoms with E-state index >= 15 is 0 Å². The largest absolute Gasteiger partial charge is 0.394 e. The first-order valence-corrected chi connectivity index (χ1v) is 14.2. The van der Waals surface area contributed by atoms with Crippen LogP contribution in [0.1, 0.15) is 81.3 Å². The summed E-state index contributed by atoms with van der Waals surface area (Å²) in [6, 6.07) is 18.1. The quantitative estimate of drug-likeness (QED) is 0.312. The van der Waals surface area contributed by atoms with Crippen molar-refractivity contribution in [1.82, 2.24) is 19.2 Å². The number of benzene rings is 2. The number of aromatic nitrogens is 4. The summed E-state index contributed by atoms with van der Waals surface area (Å²) in [7, 11) is 0. The topological polar surface area (TPSA) is 105 Å². The molecule has 1 atom stereocenters. The van der Waals surface area contributed by atoms with Gasteiger partial charge < -0.3 is 9.84 Å². The van der Waals surface area contributed by atoms with Gasteiger partial charge in [-0.1, -0.05) is 55.8 Å². The number of fused-ring (bicyclic) bond motifs is 1. The fourth-order valence-electron chi connectivity index (χ4n) is 6.06. The summed E-state index contributed by atoms with van der Waals surface area (Å²) in [5.74, 6) is 0.576. The van der Waals surface area contributed by atoms with Crippen LogP contribution in [0.15, 0.2) is 59.7 Å². The molecule has 208 valence electrons. The second-order valence-electron chi connectivity index (χ2n) is 11.1. The van der Waals surface area contributed by atoms with Crippen molar-refractivity contribution in [2.45, 2.75) is 83.5 Å². The van der Waals surface area contributed by atoms with E-state index < -0.39 is 0 Å². The highest BCUT2D eigenvalue weighted by atomic mass is 16.5. The molecule has 8 nitrogen and oxygen atoms in total. The van der Waals surface area contributed by atoms with Crippen molar-refractivity contribution in [3.8, 4) is 17.2 Å². The molecule has 2 aromatic carbocycles. The van der Waals surface area contributed by atoms with Crippen LogP contribution in [0.2, 0.25) is 0 Å². The van der Waals surface area contributed by atoms with E-state index in [4.69, 9.17) is 4.74 Å². The van der Waals surface area contributed by atoms with Gasteiger partial charge in [-0.15, -0.1) is 0 Å². The summed E-state index contributed by atoms with van der Waals surface area (Å²) in [5.41, 5.74) is 4.60. The minimum Gasteiger partial charge on any atom is -0.394 e. The molecule has 1 aliphatic carbocycles. The van der Waals surface area contributed by atoms with Gasteiger partial charge >= 0.3 is 0 Å². The van der Waals surface area contributed by atoms with Crippen molar-refractivity contribution < 1.29 is 9.84 Å². The highest BCUT2D eigenvalue weighted by molar-refractivity contribution is 5.71. The van der Waals surface area contributed by atoms with Gasteiger partial charge in [0.2, 0.25) is 5.78 Å². The molecule has 2 heterocycles. The van der Waals surface area contributed by atoms with Crippen molar-refractivity contribution in [3.63, 3.8) is 0 Å². The van der Waals surface area contributed by atoms with Crippen molar-refractivity contribution in [1.29, 1.82) is 5.26 Å². The maximum absolute atomic E-state index is 14.3. The molecule has 2 aromatic heterocycles. The molecule has 0 saturated heterocycles. The number of nitriles is 1.